The number of thiazole rings is 1. The van der Waals surface area contributed by atoms with E-state index in [9.17, 15) is 10.2 Å². The molecule has 4 N–H and O–H groups in total. The second-order valence-corrected chi connectivity index (χ2v) is 10.4. The van der Waals surface area contributed by atoms with Crippen LogP contribution >= 0.6 is 34.7 Å². The van der Waals surface area contributed by atoms with Crippen molar-refractivity contribution in [3.8, 4) is 22.8 Å². The topological polar surface area (TPSA) is 154 Å². The molecule has 1 saturated heterocycles. The number of nitrogens with zero attached hydrogens (tertiary/aromatic N) is 6. The Bertz CT molecular complexity index is 1320. The van der Waals surface area contributed by atoms with Crippen molar-refractivity contribution >= 4 is 39.8 Å². The first kappa shape index (κ1) is 25.0. The van der Waals surface area contributed by atoms with Gasteiger partial charge in [-0.2, -0.15) is 0 Å². The quantitative estimate of drug-likeness (QED) is 0.312. The Labute approximate surface area is 219 Å². The fourth-order valence-corrected chi connectivity index (χ4v) is 6.08. The van der Waals surface area contributed by atoms with Gasteiger partial charge in [0.1, 0.15) is 46.9 Å². The van der Waals surface area contributed by atoms with Crippen LogP contribution in [-0.4, -0.2) is 77.6 Å². The number of aromatic nitrogens is 6. The molecular weight excluding hydrogens is 526 g/mol. The van der Waals surface area contributed by atoms with Crippen LogP contribution in [0.5, 0.6) is 0 Å². The Balaban J connectivity index is 1.49. The van der Waals surface area contributed by atoms with Crippen LogP contribution in [0.25, 0.3) is 22.8 Å². The largest absolute Gasteiger partial charge is 0.394 e. The van der Waals surface area contributed by atoms with E-state index in [1.807, 2.05) is 18.2 Å². The Morgan fingerprint density at radius 2 is 2.14 bits per heavy atom. The molecule has 14 heteroatoms. The van der Waals surface area contributed by atoms with Crippen molar-refractivity contribution in [2.75, 3.05) is 19.5 Å². The van der Waals surface area contributed by atoms with Crippen molar-refractivity contribution in [2.24, 2.45) is 0 Å². The number of aliphatic hydroxyl groups is 2. The summed E-state index contributed by atoms with van der Waals surface area (Å²) in [6, 6.07) is 6.59. The zero-order valence-corrected chi connectivity index (χ0v) is 21.3. The lowest BCUT2D eigenvalue weighted by Gasteiger charge is -2.43. The molecule has 36 heavy (non-hydrogen) atoms. The van der Waals surface area contributed by atoms with Crippen molar-refractivity contribution in [3.05, 3.63) is 53.3 Å². The molecule has 5 rings (SSSR count). The fraction of sp³-hybridized carbons (Fsp3) is 0.318. The zero-order valence-electron chi connectivity index (χ0n) is 18.9. The maximum absolute atomic E-state index is 11.1. The number of aliphatic hydroxyl groups excluding tert-OH is 2. The van der Waals surface area contributed by atoms with Gasteiger partial charge < -0.3 is 25.4 Å². The smallest absolute Gasteiger partial charge is 0.180 e. The lowest BCUT2D eigenvalue weighted by Crippen LogP contribution is -2.55. The molecule has 1 aliphatic rings. The van der Waals surface area contributed by atoms with Crippen LogP contribution in [0.2, 0.25) is 5.02 Å². The number of nitrogens with two attached hydrogens (primary N) is 1. The van der Waals surface area contributed by atoms with E-state index in [1.54, 1.807) is 30.0 Å². The highest BCUT2D eigenvalue weighted by Gasteiger charge is 2.47. The standard InChI is InChI=1S/C22H22ClN7O4S2/c1-33-20-18(30-8-13(28-29-30)14-10-35-22(24)27-14)19(32)15(9-31)34-21(20)36-16-6-11(23)7-26-17(16)12-4-2-3-5-25-12/h2-8,10,15,18-21,31-32H,9H2,1H3,(H2,24,27). The van der Waals surface area contributed by atoms with Gasteiger partial charge in [0.25, 0.3) is 0 Å². The normalized spacial score (nSPS) is 24.2. The number of pyridine rings is 2. The van der Waals surface area contributed by atoms with E-state index in [1.165, 1.54) is 34.9 Å². The van der Waals surface area contributed by atoms with Gasteiger partial charge >= 0.3 is 0 Å². The van der Waals surface area contributed by atoms with Gasteiger partial charge in [0.05, 0.1) is 23.5 Å². The first-order valence-electron chi connectivity index (χ1n) is 10.8. The van der Waals surface area contributed by atoms with Crippen molar-refractivity contribution in [3.63, 3.8) is 0 Å². The number of anilines is 1. The van der Waals surface area contributed by atoms with Crippen LogP contribution in [-0.2, 0) is 9.47 Å². The molecule has 4 aromatic rings. The van der Waals surface area contributed by atoms with E-state index in [2.05, 4.69) is 25.3 Å². The molecule has 5 unspecified atom stereocenters. The highest BCUT2D eigenvalue weighted by atomic mass is 35.5. The summed E-state index contributed by atoms with van der Waals surface area (Å²) in [4.78, 5) is 13.8. The highest BCUT2D eigenvalue weighted by Crippen LogP contribution is 2.42. The van der Waals surface area contributed by atoms with Crippen LogP contribution in [0.1, 0.15) is 6.04 Å². The molecule has 0 saturated carbocycles. The van der Waals surface area contributed by atoms with Crippen molar-refractivity contribution in [1.82, 2.24) is 29.9 Å². The van der Waals surface area contributed by atoms with E-state index < -0.39 is 36.4 Å². The summed E-state index contributed by atoms with van der Waals surface area (Å²) in [5.74, 6) is 0. The number of hydrogen-bond acceptors (Lipinski definition) is 12. The molecule has 0 spiro atoms. The average Bonchev–Trinajstić information content (AvgIpc) is 3.54. The van der Waals surface area contributed by atoms with Crippen molar-refractivity contribution in [2.45, 2.75) is 34.7 Å². The van der Waals surface area contributed by atoms with Gasteiger partial charge in [0, 0.05) is 29.8 Å². The van der Waals surface area contributed by atoms with E-state index in [0.29, 0.717) is 37.8 Å². The lowest BCUT2D eigenvalue weighted by atomic mass is 9.97. The first-order valence-corrected chi connectivity index (χ1v) is 13.0. The minimum Gasteiger partial charge on any atom is -0.394 e. The number of hydrogen-bond donors (Lipinski definition) is 3. The highest BCUT2D eigenvalue weighted by molar-refractivity contribution is 8.00. The maximum Gasteiger partial charge on any atom is 0.180 e. The van der Waals surface area contributed by atoms with Gasteiger partial charge in [-0.3, -0.25) is 9.97 Å². The second-order valence-electron chi connectivity index (χ2n) is 7.89. The zero-order chi connectivity index (χ0) is 25.2. The predicted octanol–water partition coefficient (Wildman–Crippen LogP) is 2.52. The minimum atomic E-state index is -1.13. The third-order valence-corrected chi connectivity index (χ3v) is 7.72. The van der Waals surface area contributed by atoms with Crippen LogP contribution < -0.4 is 5.73 Å². The van der Waals surface area contributed by atoms with Gasteiger partial charge in [-0.25, -0.2) is 9.67 Å². The van der Waals surface area contributed by atoms with Gasteiger partial charge in [-0.15, -0.1) is 16.4 Å². The summed E-state index contributed by atoms with van der Waals surface area (Å²) in [6.07, 6.45) is 2.19. The lowest BCUT2D eigenvalue weighted by molar-refractivity contribution is -0.186. The van der Waals surface area contributed by atoms with Crippen molar-refractivity contribution in [1.29, 1.82) is 0 Å². The van der Waals surface area contributed by atoms with Gasteiger partial charge in [0.15, 0.2) is 5.13 Å². The molecule has 0 aliphatic carbocycles. The number of methoxy groups -OCH3 is 1. The number of halogens is 1. The van der Waals surface area contributed by atoms with E-state index in [0.717, 1.165) is 0 Å². The molecule has 1 fully saturated rings. The maximum atomic E-state index is 11.1. The summed E-state index contributed by atoms with van der Waals surface area (Å²) in [5, 5.41) is 32.1. The third-order valence-electron chi connectivity index (χ3n) is 5.67. The monoisotopic (exact) mass is 547 g/mol. The summed E-state index contributed by atoms with van der Waals surface area (Å²) < 4.78 is 13.4. The number of ether oxygens (including phenoxy) is 2. The molecule has 1 aliphatic heterocycles. The van der Waals surface area contributed by atoms with E-state index in [4.69, 9.17) is 26.8 Å². The van der Waals surface area contributed by atoms with E-state index in [-0.39, 0.29) is 0 Å². The molecule has 0 aromatic carbocycles. The minimum absolute atomic E-state index is 0.407. The average molecular weight is 548 g/mol. The molecule has 11 nitrogen and oxygen atoms in total. The second kappa shape index (κ2) is 10.8. The summed E-state index contributed by atoms with van der Waals surface area (Å²) >= 11 is 8.88. The Morgan fingerprint density at radius 1 is 1.28 bits per heavy atom. The number of rotatable bonds is 7. The van der Waals surface area contributed by atoms with Crippen LogP contribution in [0.3, 0.4) is 0 Å². The van der Waals surface area contributed by atoms with Gasteiger partial charge in [-0.1, -0.05) is 34.6 Å². The van der Waals surface area contributed by atoms with Crippen LogP contribution in [0, 0.1) is 0 Å². The SMILES string of the molecule is COC1C(Sc2cc(Cl)cnc2-c2ccccn2)OC(CO)C(O)C1n1cc(-c2csc(N)n2)nn1. The predicted molar refractivity (Wildman–Crippen MR) is 135 cm³/mol. The molecule has 0 amide bonds. The third kappa shape index (κ3) is 4.95. The van der Waals surface area contributed by atoms with Gasteiger partial charge in [-0.05, 0) is 18.2 Å². The Kier molecular flexibility index (Phi) is 7.48. The molecular formula is C22H22ClN7O4S2. The Morgan fingerprint density at radius 3 is 2.83 bits per heavy atom. The number of thioether (sulfide) groups is 1. The van der Waals surface area contributed by atoms with Crippen LogP contribution in [0.4, 0.5) is 5.13 Å². The summed E-state index contributed by atoms with van der Waals surface area (Å²) in [5.41, 5.74) is 7.45. The molecule has 5 heterocycles. The number of nitrogen functional groups attached to an aromatic ring is 1. The van der Waals surface area contributed by atoms with E-state index >= 15 is 0 Å². The molecule has 4 aromatic heterocycles. The molecule has 5 atom stereocenters. The van der Waals surface area contributed by atoms with Gasteiger partial charge in [0.2, 0.25) is 0 Å². The summed E-state index contributed by atoms with van der Waals surface area (Å²) in [7, 11) is 1.52. The fourth-order valence-electron chi connectivity index (χ4n) is 3.98. The first-order chi connectivity index (χ1) is 17.5. The van der Waals surface area contributed by atoms with Crippen LogP contribution in [0.15, 0.2) is 53.1 Å². The summed E-state index contributed by atoms with van der Waals surface area (Å²) in [6.45, 7) is -0.407. The Hall–Kier alpha value is -2.65. The molecule has 0 bridgehead atoms. The molecule has 188 valence electrons. The van der Waals surface area contributed by atoms with Crippen molar-refractivity contribution < 1.29 is 19.7 Å². The molecule has 0 radical (unpaired) electrons.